The average molecular weight is 570 g/mol. The van der Waals surface area contributed by atoms with Gasteiger partial charge in [0.1, 0.15) is 6.54 Å². The second-order valence-electron chi connectivity index (χ2n) is 9.85. The number of nitrogens with zero attached hydrogens (tertiary/aromatic N) is 2. The first-order chi connectivity index (χ1) is 19.7. The number of rotatable bonds is 6. The highest BCUT2D eigenvalue weighted by molar-refractivity contribution is 6.30. The number of hydrogen-bond acceptors (Lipinski definition) is 6. The molecule has 2 heterocycles. The Bertz CT molecular complexity index is 1710. The summed E-state index contributed by atoms with van der Waals surface area (Å²) < 4.78 is 6.08. The first-order valence-electron chi connectivity index (χ1n) is 13.0. The van der Waals surface area contributed by atoms with Gasteiger partial charge in [-0.2, -0.15) is 0 Å². The fraction of sp³-hybridized carbons (Fsp3) is 0.188. The van der Waals surface area contributed by atoms with E-state index in [4.69, 9.17) is 16.4 Å². The van der Waals surface area contributed by atoms with Crippen molar-refractivity contribution in [1.82, 2.24) is 9.88 Å². The molecule has 0 radical (unpaired) electrons. The number of hydrogen-bond donors (Lipinski definition) is 1. The van der Waals surface area contributed by atoms with Crippen LogP contribution in [0.25, 0.3) is 11.1 Å². The van der Waals surface area contributed by atoms with E-state index in [-0.39, 0.29) is 23.9 Å². The van der Waals surface area contributed by atoms with Crippen molar-refractivity contribution in [1.29, 1.82) is 0 Å². The highest BCUT2D eigenvalue weighted by atomic mass is 35.5. The van der Waals surface area contributed by atoms with Crippen LogP contribution >= 0.6 is 11.6 Å². The zero-order valence-corrected chi connectivity index (χ0v) is 23.6. The molecule has 0 spiro atoms. The van der Waals surface area contributed by atoms with Crippen LogP contribution < -0.4 is 15.7 Å². The Hall–Kier alpha value is -4.69. The SMILES string of the molecule is COC(=O)CNC(=O)c1ccc(-c2ccc(C3CC(c4ccc(=O)n(C)c4)=NOc4cc(Cl)cc(C)c43)cc2)cc1. The molecule has 1 aromatic heterocycles. The highest BCUT2D eigenvalue weighted by Gasteiger charge is 2.27. The van der Waals surface area contributed by atoms with Crippen LogP contribution in [-0.4, -0.2) is 35.8 Å². The lowest BCUT2D eigenvalue weighted by molar-refractivity contribution is -0.139. The van der Waals surface area contributed by atoms with Gasteiger partial charge in [0.2, 0.25) is 5.56 Å². The molecule has 1 aliphatic rings. The Morgan fingerprint density at radius 2 is 1.68 bits per heavy atom. The van der Waals surface area contributed by atoms with E-state index in [1.54, 1.807) is 37.5 Å². The van der Waals surface area contributed by atoms with Gasteiger partial charge >= 0.3 is 5.97 Å². The minimum Gasteiger partial charge on any atom is -0.468 e. The molecule has 4 aromatic rings. The fourth-order valence-electron chi connectivity index (χ4n) is 4.95. The normalized spacial score (nSPS) is 14.2. The summed E-state index contributed by atoms with van der Waals surface area (Å²) in [5.41, 5.74) is 6.89. The minimum atomic E-state index is -0.510. The van der Waals surface area contributed by atoms with E-state index >= 15 is 0 Å². The summed E-state index contributed by atoms with van der Waals surface area (Å²) in [7, 11) is 2.98. The molecule has 8 nitrogen and oxygen atoms in total. The molecular weight excluding hydrogens is 542 g/mol. The monoisotopic (exact) mass is 569 g/mol. The maximum Gasteiger partial charge on any atom is 0.325 e. The molecule has 0 bridgehead atoms. The Morgan fingerprint density at radius 1 is 1.02 bits per heavy atom. The van der Waals surface area contributed by atoms with Gasteiger partial charge in [0.05, 0.1) is 12.8 Å². The van der Waals surface area contributed by atoms with Gasteiger partial charge < -0.3 is 19.5 Å². The largest absolute Gasteiger partial charge is 0.468 e. The van der Waals surface area contributed by atoms with Gasteiger partial charge in [-0.3, -0.25) is 14.4 Å². The molecule has 0 saturated carbocycles. The van der Waals surface area contributed by atoms with Crippen LogP contribution in [-0.2, 0) is 16.6 Å². The van der Waals surface area contributed by atoms with Crippen LogP contribution in [0.4, 0.5) is 0 Å². The first-order valence-corrected chi connectivity index (χ1v) is 13.4. The number of methoxy groups -OCH3 is 1. The van der Waals surface area contributed by atoms with Gasteiger partial charge in [-0.25, -0.2) is 0 Å². The molecular formula is C32H28ClN3O5. The molecule has 0 saturated heterocycles. The van der Waals surface area contributed by atoms with Gasteiger partial charge in [0, 0.05) is 59.4 Å². The van der Waals surface area contributed by atoms with Crippen molar-refractivity contribution < 1.29 is 19.2 Å². The number of benzene rings is 3. The van der Waals surface area contributed by atoms with Crippen molar-refractivity contribution in [3.8, 4) is 16.9 Å². The number of carbonyl (C=O) groups is 2. The van der Waals surface area contributed by atoms with Crippen molar-refractivity contribution in [2.75, 3.05) is 13.7 Å². The summed E-state index contributed by atoms with van der Waals surface area (Å²) in [5.74, 6) is -0.331. The second-order valence-corrected chi connectivity index (χ2v) is 10.3. The topological polar surface area (TPSA) is 99.0 Å². The van der Waals surface area contributed by atoms with Gasteiger partial charge in [-0.15, -0.1) is 0 Å². The van der Waals surface area contributed by atoms with E-state index in [0.717, 1.165) is 39.1 Å². The summed E-state index contributed by atoms with van der Waals surface area (Å²) in [6.45, 7) is 1.82. The summed E-state index contributed by atoms with van der Waals surface area (Å²) in [6, 6.07) is 22.4. The summed E-state index contributed by atoms with van der Waals surface area (Å²) in [4.78, 5) is 41.5. The standard InChI is InChI=1S/C32H28ClN3O5/c1-19-14-25(33)15-28-31(19)26(16-27(35-41-28)24-12-13-29(37)36(2)18-24)22-8-4-20(5-9-22)21-6-10-23(11-7-21)32(39)34-17-30(38)40-3/h4-15,18,26H,16-17H2,1-3H3,(H,34,39). The molecule has 3 aromatic carbocycles. The van der Waals surface area contributed by atoms with Crippen LogP contribution in [0.3, 0.4) is 0 Å². The molecule has 1 atom stereocenters. The number of esters is 1. The fourth-order valence-corrected chi connectivity index (χ4v) is 5.21. The number of halogens is 1. The Labute approximate surface area is 242 Å². The zero-order valence-electron chi connectivity index (χ0n) is 22.8. The van der Waals surface area contributed by atoms with Crippen molar-refractivity contribution in [3.63, 3.8) is 0 Å². The molecule has 1 aliphatic heterocycles. The number of aryl methyl sites for hydroxylation is 2. The quantitative estimate of drug-likeness (QED) is 0.320. The maximum atomic E-state index is 12.3. The molecule has 41 heavy (non-hydrogen) atoms. The Kier molecular flexibility index (Phi) is 8.03. The van der Waals surface area contributed by atoms with E-state index in [9.17, 15) is 14.4 Å². The van der Waals surface area contributed by atoms with Crippen molar-refractivity contribution >= 4 is 29.2 Å². The van der Waals surface area contributed by atoms with Crippen molar-refractivity contribution in [3.05, 3.63) is 122 Å². The zero-order chi connectivity index (χ0) is 29.1. The number of nitrogens with one attached hydrogen (secondary N) is 1. The summed E-state index contributed by atoms with van der Waals surface area (Å²) in [6.07, 6.45) is 2.32. The number of pyridine rings is 1. The number of oxime groups is 1. The van der Waals surface area contributed by atoms with E-state index in [2.05, 4.69) is 27.3 Å². The van der Waals surface area contributed by atoms with Gasteiger partial charge in [0.25, 0.3) is 5.91 Å². The third kappa shape index (κ3) is 6.07. The Balaban J connectivity index is 1.44. The molecule has 208 valence electrons. The number of carbonyl (C=O) groups excluding carboxylic acids is 2. The maximum absolute atomic E-state index is 12.3. The van der Waals surface area contributed by atoms with E-state index < -0.39 is 5.97 Å². The van der Waals surface area contributed by atoms with E-state index in [1.807, 2.05) is 37.3 Å². The molecule has 1 amide bonds. The molecule has 1 unspecified atom stereocenters. The van der Waals surface area contributed by atoms with Gasteiger partial charge in [0.15, 0.2) is 5.75 Å². The predicted molar refractivity (Wildman–Crippen MR) is 158 cm³/mol. The van der Waals surface area contributed by atoms with Crippen molar-refractivity contribution in [2.45, 2.75) is 19.3 Å². The van der Waals surface area contributed by atoms with E-state index in [1.165, 1.54) is 17.7 Å². The second kappa shape index (κ2) is 11.8. The minimum absolute atomic E-state index is 0.0734. The molecule has 5 rings (SSSR count). The average Bonchev–Trinajstić information content (AvgIpc) is 3.17. The molecule has 0 aliphatic carbocycles. The number of fused-ring (bicyclic) bond motifs is 1. The third-order valence-corrected chi connectivity index (χ3v) is 7.37. The third-order valence-electron chi connectivity index (χ3n) is 7.15. The van der Waals surface area contributed by atoms with Crippen molar-refractivity contribution in [2.24, 2.45) is 12.2 Å². The first kappa shape index (κ1) is 27.9. The van der Waals surface area contributed by atoms with Crippen LogP contribution in [0.5, 0.6) is 5.75 Å². The lowest BCUT2D eigenvalue weighted by atomic mass is 9.83. The van der Waals surface area contributed by atoms with E-state index in [0.29, 0.717) is 22.8 Å². The van der Waals surface area contributed by atoms with Gasteiger partial charge in [-0.05, 0) is 53.4 Å². The van der Waals surface area contributed by atoms with Crippen LogP contribution in [0, 0.1) is 6.92 Å². The van der Waals surface area contributed by atoms with Crippen LogP contribution in [0.1, 0.15) is 45.0 Å². The lowest BCUT2D eigenvalue weighted by Gasteiger charge is -2.20. The Morgan fingerprint density at radius 3 is 2.34 bits per heavy atom. The number of amides is 1. The predicted octanol–water partition coefficient (Wildman–Crippen LogP) is 5.24. The molecule has 1 N–H and O–H groups in total. The summed E-state index contributed by atoms with van der Waals surface area (Å²) in [5, 5.41) is 7.57. The highest BCUT2D eigenvalue weighted by Crippen LogP contribution is 2.41. The smallest absolute Gasteiger partial charge is 0.325 e. The van der Waals surface area contributed by atoms with Crippen LogP contribution in [0.2, 0.25) is 5.02 Å². The molecule has 0 fully saturated rings. The number of ether oxygens (including phenoxy) is 1. The summed E-state index contributed by atoms with van der Waals surface area (Å²) >= 11 is 6.37. The number of aromatic nitrogens is 1. The lowest BCUT2D eigenvalue weighted by Crippen LogP contribution is -2.30. The van der Waals surface area contributed by atoms with Gasteiger partial charge in [-0.1, -0.05) is 53.2 Å². The van der Waals surface area contributed by atoms with Crippen LogP contribution in [0.15, 0.2) is 88.9 Å². The molecule has 9 heteroatoms.